The lowest BCUT2D eigenvalue weighted by atomic mass is 10.1. The van der Waals surface area contributed by atoms with Crippen molar-refractivity contribution in [1.82, 2.24) is 14.5 Å². The van der Waals surface area contributed by atoms with Gasteiger partial charge in [0.2, 0.25) is 0 Å². The molecule has 1 aliphatic heterocycles. The monoisotopic (exact) mass is 349 g/mol. The van der Waals surface area contributed by atoms with Gasteiger partial charge in [0, 0.05) is 31.8 Å². The normalized spacial score (nSPS) is 13.2. The SMILES string of the molecule is Cn1cc(CN(Cc2ccco2)c2ncnc3c2COCC3)cc1C#N. The number of aryl methyl sites for hydroxylation is 1. The van der Waals surface area contributed by atoms with Crippen LogP contribution in [0, 0.1) is 11.3 Å². The zero-order valence-corrected chi connectivity index (χ0v) is 14.6. The smallest absolute Gasteiger partial charge is 0.138 e. The molecule has 0 atom stereocenters. The molecule has 7 nitrogen and oxygen atoms in total. The highest BCUT2D eigenvalue weighted by Gasteiger charge is 2.22. The molecule has 4 heterocycles. The maximum atomic E-state index is 9.21. The summed E-state index contributed by atoms with van der Waals surface area (Å²) in [5, 5.41) is 9.21. The second kappa shape index (κ2) is 7.02. The summed E-state index contributed by atoms with van der Waals surface area (Å²) in [5.74, 6) is 1.71. The van der Waals surface area contributed by atoms with E-state index in [4.69, 9.17) is 9.15 Å². The van der Waals surface area contributed by atoms with Crippen molar-refractivity contribution < 1.29 is 9.15 Å². The van der Waals surface area contributed by atoms with Gasteiger partial charge in [0.1, 0.15) is 29.7 Å². The number of ether oxygens (including phenoxy) is 1. The van der Waals surface area contributed by atoms with E-state index < -0.39 is 0 Å². The molecule has 0 saturated heterocycles. The van der Waals surface area contributed by atoms with Gasteiger partial charge in [-0.3, -0.25) is 0 Å². The number of rotatable bonds is 5. The van der Waals surface area contributed by atoms with Gasteiger partial charge in [-0.2, -0.15) is 5.26 Å². The van der Waals surface area contributed by atoms with Crippen LogP contribution >= 0.6 is 0 Å². The molecule has 0 unspecified atom stereocenters. The zero-order valence-electron chi connectivity index (χ0n) is 14.6. The molecule has 0 saturated carbocycles. The molecule has 0 spiro atoms. The molecule has 3 aromatic rings. The summed E-state index contributed by atoms with van der Waals surface area (Å²) in [4.78, 5) is 11.1. The molecule has 3 aromatic heterocycles. The summed E-state index contributed by atoms with van der Waals surface area (Å²) in [6.45, 7) is 2.39. The van der Waals surface area contributed by atoms with Crippen LogP contribution in [0.1, 0.15) is 28.3 Å². The van der Waals surface area contributed by atoms with Crippen LogP contribution in [0.2, 0.25) is 0 Å². The van der Waals surface area contributed by atoms with Crippen LogP contribution in [-0.2, 0) is 37.9 Å². The van der Waals surface area contributed by atoms with E-state index in [0.29, 0.717) is 32.0 Å². The Bertz CT molecular complexity index is 939. The average Bonchev–Trinajstić information content (AvgIpc) is 3.30. The summed E-state index contributed by atoms with van der Waals surface area (Å²) in [7, 11) is 1.87. The summed E-state index contributed by atoms with van der Waals surface area (Å²) < 4.78 is 13.0. The van der Waals surface area contributed by atoms with E-state index in [9.17, 15) is 5.26 Å². The zero-order chi connectivity index (χ0) is 17.9. The van der Waals surface area contributed by atoms with Crippen LogP contribution in [0.4, 0.5) is 5.82 Å². The molecule has 7 heteroatoms. The number of anilines is 1. The number of furan rings is 1. The molecule has 4 rings (SSSR count). The van der Waals surface area contributed by atoms with E-state index in [0.717, 1.165) is 34.8 Å². The number of nitriles is 1. The van der Waals surface area contributed by atoms with Crippen molar-refractivity contribution in [2.24, 2.45) is 7.05 Å². The largest absolute Gasteiger partial charge is 0.467 e. The summed E-state index contributed by atoms with van der Waals surface area (Å²) >= 11 is 0. The van der Waals surface area contributed by atoms with Gasteiger partial charge in [-0.05, 0) is 23.8 Å². The molecule has 26 heavy (non-hydrogen) atoms. The van der Waals surface area contributed by atoms with Crippen LogP contribution < -0.4 is 4.90 Å². The van der Waals surface area contributed by atoms with Gasteiger partial charge in [0.15, 0.2) is 0 Å². The van der Waals surface area contributed by atoms with Gasteiger partial charge < -0.3 is 18.6 Å². The summed E-state index contributed by atoms with van der Waals surface area (Å²) in [6.07, 6.45) is 6.05. The number of hydrogen-bond donors (Lipinski definition) is 0. The van der Waals surface area contributed by atoms with E-state index >= 15 is 0 Å². The van der Waals surface area contributed by atoms with Crippen LogP contribution in [0.25, 0.3) is 0 Å². The Balaban J connectivity index is 1.70. The average molecular weight is 349 g/mol. The Morgan fingerprint density at radius 2 is 2.27 bits per heavy atom. The highest BCUT2D eigenvalue weighted by atomic mass is 16.5. The van der Waals surface area contributed by atoms with Crippen molar-refractivity contribution >= 4 is 5.82 Å². The molecule has 0 bridgehead atoms. The molecule has 0 aromatic carbocycles. The highest BCUT2D eigenvalue weighted by molar-refractivity contribution is 5.50. The van der Waals surface area contributed by atoms with Crippen molar-refractivity contribution in [3.63, 3.8) is 0 Å². The molecule has 132 valence electrons. The maximum absolute atomic E-state index is 9.21. The van der Waals surface area contributed by atoms with E-state index in [1.165, 1.54) is 0 Å². The molecule has 0 amide bonds. The van der Waals surface area contributed by atoms with E-state index in [2.05, 4.69) is 20.9 Å². The minimum atomic E-state index is 0.512. The van der Waals surface area contributed by atoms with Crippen molar-refractivity contribution in [1.29, 1.82) is 5.26 Å². The van der Waals surface area contributed by atoms with Gasteiger partial charge in [-0.1, -0.05) is 0 Å². The Kier molecular flexibility index (Phi) is 4.42. The Morgan fingerprint density at radius 1 is 1.35 bits per heavy atom. The number of aromatic nitrogens is 3. The van der Waals surface area contributed by atoms with Crippen molar-refractivity contribution in [3.8, 4) is 6.07 Å². The fraction of sp³-hybridized carbons (Fsp3) is 0.316. The predicted octanol–water partition coefficient (Wildman–Crippen LogP) is 2.56. The maximum Gasteiger partial charge on any atom is 0.138 e. The molecule has 0 fully saturated rings. The van der Waals surface area contributed by atoms with Crippen LogP contribution in [0.15, 0.2) is 41.4 Å². The van der Waals surface area contributed by atoms with E-state index in [1.54, 1.807) is 12.6 Å². The van der Waals surface area contributed by atoms with Gasteiger partial charge in [-0.15, -0.1) is 0 Å². The topological polar surface area (TPSA) is 80.1 Å². The quantitative estimate of drug-likeness (QED) is 0.704. The minimum absolute atomic E-state index is 0.512. The van der Waals surface area contributed by atoms with Gasteiger partial charge in [0.25, 0.3) is 0 Å². The molecular weight excluding hydrogens is 330 g/mol. The summed E-state index contributed by atoms with van der Waals surface area (Å²) in [6, 6.07) is 7.93. The van der Waals surface area contributed by atoms with Crippen molar-refractivity contribution in [2.75, 3.05) is 11.5 Å². The Morgan fingerprint density at radius 3 is 3.04 bits per heavy atom. The first-order chi connectivity index (χ1) is 12.7. The third-order valence-corrected chi connectivity index (χ3v) is 4.52. The second-order valence-electron chi connectivity index (χ2n) is 6.32. The van der Waals surface area contributed by atoms with Gasteiger partial charge >= 0.3 is 0 Å². The lowest BCUT2D eigenvalue weighted by Gasteiger charge is -2.27. The Hall–Kier alpha value is -3.11. The van der Waals surface area contributed by atoms with Crippen LogP contribution in [0.5, 0.6) is 0 Å². The molecule has 0 radical (unpaired) electrons. The van der Waals surface area contributed by atoms with E-state index in [-0.39, 0.29) is 0 Å². The van der Waals surface area contributed by atoms with Crippen molar-refractivity contribution in [2.45, 2.75) is 26.1 Å². The van der Waals surface area contributed by atoms with Crippen LogP contribution in [0.3, 0.4) is 0 Å². The second-order valence-corrected chi connectivity index (χ2v) is 6.32. The number of nitrogens with zero attached hydrogens (tertiary/aromatic N) is 5. The minimum Gasteiger partial charge on any atom is -0.467 e. The first-order valence-corrected chi connectivity index (χ1v) is 8.48. The first kappa shape index (κ1) is 16.4. The number of hydrogen-bond acceptors (Lipinski definition) is 6. The van der Waals surface area contributed by atoms with Crippen molar-refractivity contribution in [3.05, 3.63) is 65.3 Å². The molecule has 0 aliphatic carbocycles. The van der Waals surface area contributed by atoms with Crippen LogP contribution in [-0.4, -0.2) is 21.1 Å². The summed E-state index contributed by atoms with van der Waals surface area (Å²) in [5.41, 5.74) is 3.74. The predicted molar refractivity (Wildman–Crippen MR) is 94.1 cm³/mol. The molecular formula is C19H19N5O2. The van der Waals surface area contributed by atoms with Gasteiger partial charge in [0.05, 0.1) is 31.7 Å². The fourth-order valence-electron chi connectivity index (χ4n) is 3.26. The lowest BCUT2D eigenvalue weighted by Crippen LogP contribution is -2.26. The molecule has 1 aliphatic rings. The number of fused-ring (bicyclic) bond motifs is 1. The standard InChI is InChI=1S/C19H19N5O2/c1-23-9-14(7-15(23)8-20)10-24(11-16-3-2-5-26-16)19-17-12-25-6-4-18(17)21-13-22-19/h2-3,5,7,9,13H,4,6,10-12H2,1H3. The third kappa shape index (κ3) is 3.19. The fourth-order valence-corrected chi connectivity index (χ4v) is 3.26. The Labute approximate surface area is 151 Å². The molecule has 0 N–H and O–H groups in total. The van der Waals surface area contributed by atoms with Gasteiger partial charge in [-0.25, -0.2) is 9.97 Å². The van der Waals surface area contributed by atoms with E-state index in [1.807, 2.05) is 36.0 Å². The first-order valence-electron chi connectivity index (χ1n) is 8.48. The third-order valence-electron chi connectivity index (χ3n) is 4.52. The lowest BCUT2D eigenvalue weighted by molar-refractivity contribution is 0.109. The highest BCUT2D eigenvalue weighted by Crippen LogP contribution is 2.27.